The molecule has 78 valence electrons. The van der Waals surface area contributed by atoms with Crippen molar-refractivity contribution in [2.45, 2.75) is 0 Å². The molecule has 0 saturated heterocycles. The Bertz CT molecular complexity index is 484. The van der Waals surface area contributed by atoms with E-state index < -0.39 is 0 Å². The van der Waals surface area contributed by atoms with Crippen molar-refractivity contribution in [2.24, 2.45) is 0 Å². The quantitative estimate of drug-likeness (QED) is 0.922. The lowest BCUT2D eigenvalue weighted by molar-refractivity contribution is 0.416. The van der Waals surface area contributed by atoms with E-state index in [0.29, 0.717) is 5.13 Å². The lowest BCUT2D eigenvalue weighted by Gasteiger charge is -2.06. The van der Waals surface area contributed by atoms with Gasteiger partial charge in [-0.05, 0) is 18.2 Å². The Labute approximate surface area is 100 Å². The van der Waals surface area contributed by atoms with Crippen LogP contribution >= 0.6 is 27.3 Å². The largest absolute Gasteiger partial charge is 0.496 e. The molecule has 0 bridgehead atoms. The van der Waals surface area contributed by atoms with Crippen LogP contribution in [0.25, 0.3) is 10.4 Å². The maximum Gasteiger partial charge on any atom is 0.180 e. The molecule has 2 rings (SSSR count). The first-order valence-corrected chi connectivity index (χ1v) is 5.87. The summed E-state index contributed by atoms with van der Waals surface area (Å²) in [5.74, 6) is 0.813. The third kappa shape index (κ3) is 2.13. The number of methoxy groups -OCH3 is 1. The Balaban J connectivity index is 2.52. The Morgan fingerprint density at radius 3 is 2.87 bits per heavy atom. The fourth-order valence-electron chi connectivity index (χ4n) is 1.28. The predicted molar refractivity (Wildman–Crippen MR) is 66.2 cm³/mol. The fraction of sp³-hybridized carbons (Fsp3) is 0.100. The van der Waals surface area contributed by atoms with Crippen molar-refractivity contribution in [2.75, 3.05) is 12.8 Å². The van der Waals surface area contributed by atoms with Crippen LogP contribution in [-0.2, 0) is 0 Å². The van der Waals surface area contributed by atoms with Gasteiger partial charge >= 0.3 is 0 Å². The Morgan fingerprint density at radius 1 is 1.47 bits per heavy atom. The minimum atomic E-state index is 0.565. The molecule has 0 aliphatic heterocycles. The lowest BCUT2D eigenvalue weighted by Crippen LogP contribution is -1.86. The van der Waals surface area contributed by atoms with E-state index in [9.17, 15) is 0 Å². The summed E-state index contributed by atoms with van der Waals surface area (Å²) in [5, 5.41) is 0.565. The molecule has 1 heterocycles. The van der Waals surface area contributed by atoms with E-state index in [-0.39, 0.29) is 0 Å². The molecule has 0 unspecified atom stereocenters. The van der Waals surface area contributed by atoms with Crippen LogP contribution in [0.1, 0.15) is 0 Å². The zero-order chi connectivity index (χ0) is 10.8. The Kier molecular flexibility index (Phi) is 2.93. The maximum atomic E-state index is 5.59. The van der Waals surface area contributed by atoms with Gasteiger partial charge in [-0.3, -0.25) is 0 Å². The van der Waals surface area contributed by atoms with E-state index in [2.05, 4.69) is 20.9 Å². The van der Waals surface area contributed by atoms with Gasteiger partial charge in [0.25, 0.3) is 0 Å². The lowest BCUT2D eigenvalue weighted by atomic mass is 10.2. The van der Waals surface area contributed by atoms with Crippen LogP contribution < -0.4 is 10.5 Å². The van der Waals surface area contributed by atoms with Crippen molar-refractivity contribution in [1.29, 1.82) is 0 Å². The van der Waals surface area contributed by atoms with Crippen LogP contribution in [0.4, 0.5) is 5.13 Å². The zero-order valence-electron chi connectivity index (χ0n) is 8.03. The smallest absolute Gasteiger partial charge is 0.180 e. The monoisotopic (exact) mass is 284 g/mol. The molecule has 1 aromatic carbocycles. The summed E-state index contributed by atoms with van der Waals surface area (Å²) < 4.78 is 6.28. The molecular weight excluding hydrogens is 276 g/mol. The minimum absolute atomic E-state index is 0.565. The van der Waals surface area contributed by atoms with Crippen LogP contribution in [-0.4, -0.2) is 12.1 Å². The highest BCUT2D eigenvalue weighted by atomic mass is 79.9. The summed E-state index contributed by atoms with van der Waals surface area (Å²) in [5.41, 5.74) is 6.60. The summed E-state index contributed by atoms with van der Waals surface area (Å²) >= 11 is 4.85. The number of anilines is 1. The molecule has 2 N–H and O–H groups in total. The van der Waals surface area contributed by atoms with Gasteiger partial charge in [0.2, 0.25) is 0 Å². The third-order valence-electron chi connectivity index (χ3n) is 1.95. The van der Waals surface area contributed by atoms with Crippen molar-refractivity contribution in [3.8, 4) is 16.2 Å². The van der Waals surface area contributed by atoms with E-state index >= 15 is 0 Å². The Morgan fingerprint density at radius 2 is 2.27 bits per heavy atom. The number of nitrogens with two attached hydrogens (primary N) is 1. The first-order chi connectivity index (χ1) is 7.20. The summed E-state index contributed by atoms with van der Waals surface area (Å²) in [6, 6.07) is 5.87. The van der Waals surface area contributed by atoms with Gasteiger partial charge in [-0.2, -0.15) is 0 Å². The van der Waals surface area contributed by atoms with Crippen LogP contribution in [0, 0.1) is 0 Å². The topological polar surface area (TPSA) is 48.1 Å². The number of nitrogen functional groups attached to an aromatic ring is 1. The SMILES string of the molecule is COc1cc(Br)ccc1-c1cnc(N)s1. The molecule has 0 spiro atoms. The highest BCUT2D eigenvalue weighted by molar-refractivity contribution is 9.10. The minimum Gasteiger partial charge on any atom is -0.496 e. The molecule has 0 saturated carbocycles. The van der Waals surface area contributed by atoms with Crippen LogP contribution in [0.3, 0.4) is 0 Å². The maximum absolute atomic E-state index is 5.59. The molecule has 0 atom stereocenters. The van der Waals surface area contributed by atoms with Gasteiger partial charge in [-0.1, -0.05) is 27.3 Å². The van der Waals surface area contributed by atoms with Gasteiger partial charge in [-0.25, -0.2) is 4.98 Å². The summed E-state index contributed by atoms with van der Waals surface area (Å²) in [6.45, 7) is 0. The second-order valence-electron chi connectivity index (χ2n) is 2.91. The van der Waals surface area contributed by atoms with Crippen molar-refractivity contribution in [1.82, 2.24) is 4.98 Å². The number of rotatable bonds is 2. The number of benzene rings is 1. The Hall–Kier alpha value is -1.07. The van der Waals surface area contributed by atoms with Gasteiger partial charge in [0.05, 0.1) is 12.0 Å². The molecule has 0 amide bonds. The van der Waals surface area contributed by atoms with Gasteiger partial charge < -0.3 is 10.5 Å². The van der Waals surface area contributed by atoms with Crippen molar-refractivity contribution in [3.63, 3.8) is 0 Å². The molecule has 0 aliphatic carbocycles. The standard InChI is InChI=1S/C10H9BrN2OS/c1-14-8-4-6(11)2-3-7(8)9-5-13-10(12)15-9/h2-5H,1H3,(H2,12,13). The number of hydrogen-bond donors (Lipinski definition) is 1. The average molecular weight is 285 g/mol. The molecule has 0 fully saturated rings. The number of thiazole rings is 1. The van der Waals surface area contributed by atoms with Gasteiger partial charge in [0.15, 0.2) is 5.13 Å². The summed E-state index contributed by atoms with van der Waals surface area (Å²) in [7, 11) is 1.65. The first-order valence-electron chi connectivity index (χ1n) is 4.26. The fourth-order valence-corrected chi connectivity index (χ4v) is 2.34. The molecule has 5 heteroatoms. The highest BCUT2D eigenvalue weighted by Gasteiger charge is 2.08. The molecule has 3 nitrogen and oxygen atoms in total. The number of nitrogens with zero attached hydrogens (tertiary/aromatic N) is 1. The second kappa shape index (κ2) is 4.20. The van der Waals surface area contributed by atoms with Crippen molar-refractivity contribution < 1.29 is 4.74 Å². The van der Waals surface area contributed by atoms with Crippen LogP contribution in [0.2, 0.25) is 0 Å². The molecule has 0 radical (unpaired) electrons. The van der Waals surface area contributed by atoms with Gasteiger partial charge in [0.1, 0.15) is 5.75 Å². The molecular formula is C10H9BrN2OS. The molecule has 1 aromatic heterocycles. The van der Waals surface area contributed by atoms with E-state index in [0.717, 1.165) is 20.7 Å². The second-order valence-corrected chi connectivity index (χ2v) is 4.89. The van der Waals surface area contributed by atoms with Crippen LogP contribution in [0.15, 0.2) is 28.9 Å². The molecule has 15 heavy (non-hydrogen) atoms. The van der Waals surface area contributed by atoms with Gasteiger partial charge in [-0.15, -0.1) is 0 Å². The molecule has 0 aliphatic rings. The third-order valence-corrected chi connectivity index (χ3v) is 3.31. The average Bonchev–Trinajstić information content (AvgIpc) is 2.64. The van der Waals surface area contributed by atoms with Crippen molar-refractivity contribution in [3.05, 3.63) is 28.9 Å². The molecule has 2 aromatic rings. The first kappa shape index (κ1) is 10.4. The van der Waals surface area contributed by atoms with E-state index in [4.69, 9.17) is 10.5 Å². The van der Waals surface area contributed by atoms with E-state index in [1.165, 1.54) is 11.3 Å². The number of halogens is 1. The van der Waals surface area contributed by atoms with E-state index in [1.807, 2.05) is 18.2 Å². The number of ether oxygens (including phenoxy) is 1. The number of hydrogen-bond acceptors (Lipinski definition) is 4. The van der Waals surface area contributed by atoms with Gasteiger partial charge in [0, 0.05) is 16.2 Å². The van der Waals surface area contributed by atoms with Crippen LogP contribution in [0.5, 0.6) is 5.75 Å². The normalized spacial score (nSPS) is 10.3. The highest BCUT2D eigenvalue weighted by Crippen LogP contribution is 2.36. The number of aromatic nitrogens is 1. The zero-order valence-corrected chi connectivity index (χ0v) is 10.4. The summed E-state index contributed by atoms with van der Waals surface area (Å²) in [4.78, 5) is 5.03. The summed E-state index contributed by atoms with van der Waals surface area (Å²) in [6.07, 6.45) is 1.76. The van der Waals surface area contributed by atoms with Crippen molar-refractivity contribution >= 4 is 32.4 Å². The van der Waals surface area contributed by atoms with E-state index in [1.54, 1.807) is 13.3 Å². The predicted octanol–water partition coefficient (Wildman–Crippen LogP) is 3.16.